The van der Waals surface area contributed by atoms with Gasteiger partial charge in [-0.2, -0.15) is 0 Å². The van der Waals surface area contributed by atoms with Crippen LogP contribution in [0.15, 0.2) is 78.9 Å². The first-order chi connectivity index (χ1) is 19.1. The fraction of sp³-hybridized carbons (Fsp3) is 0.333. The molecular weight excluding hydrogens is 494 g/mol. The summed E-state index contributed by atoms with van der Waals surface area (Å²) in [5.74, 6) is 0.198. The van der Waals surface area contributed by atoms with Crippen LogP contribution in [0, 0.1) is 0 Å². The maximum Gasteiger partial charge on any atom is 0.247 e. The van der Waals surface area contributed by atoms with Crippen LogP contribution >= 0.6 is 0 Å². The number of ether oxygens (including phenoxy) is 2. The van der Waals surface area contributed by atoms with Gasteiger partial charge in [0, 0.05) is 19.7 Å². The molecule has 0 bridgehead atoms. The number of para-hydroxylation sites is 1. The van der Waals surface area contributed by atoms with Gasteiger partial charge in [-0.25, -0.2) is 4.68 Å². The van der Waals surface area contributed by atoms with E-state index in [0.717, 1.165) is 23.9 Å². The van der Waals surface area contributed by atoms with Crippen molar-refractivity contribution in [1.29, 1.82) is 0 Å². The summed E-state index contributed by atoms with van der Waals surface area (Å²) in [4.78, 5) is 29.4. The Kier molecular flexibility index (Phi) is 8.48. The van der Waals surface area contributed by atoms with Gasteiger partial charge in [0.15, 0.2) is 0 Å². The molecular formula is C30H33N5O4. The first kappa shape index (κ1) is 26.4. The van der Waals surface area contributed by atoms with Gasteiger partial charge < -0.3 is 19.7 Å². The predicted octanol–water partition coefficient (Wildman–Crippen LogP) is 3.55. The Morgan fingerprint density at radius 3 is 2.59 bits per heavy atom. The van der Waals surface area contributed by atoms with Gasteiger partial charge in [-0.3, -0.25) is 9.59 Å². The molecule has 1 N–H and O–H groups in total. The van der Waals surface area contributed by atoms with Gasteiger partial charge in [-0.1, -0.05) is 59.8 Å². The summed E-state index contributed by atoms with van der Waals surface area (Å²) in [6.45, 7) is 1.41. The van der Waals surface area contributed by atoms with E-state index < -0.39 is 6.04 Å². The lowest BCUT2D eigenvalue weighted by atomic mass is 10.0. The normalized spacial score (nSPS) is 15.7. The summed E-state index contributed by atoms with van der Waals surface area (Å²) in [5.41, 5.74) is 3.25. The van der Waals surface area contributed by atoms with Crippen molar-refractivity contribution in [3.63, 3.8) is 0 Å². The van der Waals surface area contributed by atoms with Gasteiger partial charge in [0.1, 0.15) is 23.9 Å². The highest BCUT2D eigenvalue weighted by Gasteiger charge is 2.32. The van der Waals surface area contributed by atoms with E-state index in [1.807, 2.05) is 66.7 Å². The molecule has 0 unspecified atom stereocenters. The van der Waals surface area contributed by atoms with Crippen molar-refractivity contribution in [3.8, 4) is 5.75 Å². The Labute approximate surface area is 227 Å². The molecule has 2 amide bonds. The molecule has 2 atom stereocenters. The fourth-order valence-electron chi connectivity index (χ4n) is 4.92. The van der Waals surface area contributed by atoms with E-state index >= 15 is 0 Å². The first-order valence-electron chi connectivity index (χ1n) is 13.3. The SMILES string of the molecule is COc1ccc([C@H](C(=O)NC[C@H]2CCCO2)N(CCc2ccccc2)C(=O)Cn2nnc3ccccc32)cc1. The van der Waals surface area contributed by atoms with Crippen molar-refractivity contribution in [2.75, 3.05) is 26.8 Å². The number of nitrogens with one attached hydrogen (secondary N) is 1. The summed E-state index contributed by atoms with van der Waals surface area (Å²) in [6, 6.07) is 23.9. The highest BCUT2D eigenvalue weighted by Crippen LogP contribution is 2.26. The molecule has 0 saturated carbocycles. The smallest absolute Gasteiger partial charge is 0.247 e. The largest absolute Gasteiger partial charge is 0.497 e. The molecule has 9 heteroatoms. The summed E-state index contributed by atoms with van der Waals surface area (Å²) < 4.78 is 12.6. The van der Waals surface area contributed by atoms with Gasteiger partial charge in [-0.05, 0) is 54.7 Å². The Morgan fingerprint density at radius 1 is 1.08 bits per heavy atom. The Hall–Kier alpha value is -4.24. The molecule has 4 aromatic rings. The zero-order valence-corrected chi connectivity index (χ0v) is 22.0. The Balaban J connectivity index is 1.46. The van der Waals surface area contributed by atoms with Crippen LogP contribution in [0.2, 0.25) is 0 Å². The minimum Gasteiger partial charge on any atom is -0.497 e. The Morgan fingerprint density at radius 2 is 1.85 bits per heavy atom. The van der Waals surface area contributed by atoms with E-state index in [1.54, 1.807) is 28.8 Å². The van der Waals surface area contributed by atoms with Crippen molar-refractivity contribution in [3.05, 3.63) is 90.0 Å². The van der Waals surface area contributed by atoms with Crippen molar-refractivity contribution in [1.82, 2.24) is 25.2 Å². The third-order valence-electron chi connectivity index (χ3n) is 7.03. The quantitative estimate of drug-likeness (QED) is 0.320. The number of fused-ring (bicyclic) bond motifs is 1. The number of amides is 2. The lowest BCUT2D eigenvalue weighted by Gasteiger charge is -2.32. The number of methoxy groups -OCH3 is 1. The molecule has 0 radical (unpaired) electrons. The minimum absolute atomic E-state index is 0.0135. The predicted molar refractivity (Wildman–Crippen MR) is 147 cm³/mol. The molecule has 1 fully saturated rings. The first-order valence-corrected chi connectivity index (χ1v) is 13.3. The molecule has 39 heavy (non-hydrogen) atoms. The zero-order chi connectivity index (χ0) is 27.0. The van der Waals surface area contributed by atoms with Crippen LogP contribution in [0.1, 0.15) is 30.0 Å². The maximum absolute atomic E-state index is 14.0. The second kappa shape index (κ2) is 12.5. The molecule has 1 saturated heterocycles. The molecule has 1 aromatic heterocycles. The van der Waals surface area contributed by atoms with Gasteiger partial charge in [0.05, 0.1) is 18.7 Å². The summed E-state index contributed by atoms with van der Waals surface area (Å²) >= 11 is 0. The van der Waals surface area contributed by atoms with E-state index in [4.69, 9.17) is 9.47 Å². The number of hydrogen-bond donors (Lipinski definition) is 1. The van der Waals surface area contributed by atoms with Crippen LogP contribution in [0.25, 0.3) is 11.0 Å². The summed E-state index contributed by atoms with van der Waals surface area (Å²) in [5, 5.41) is 11.5. The molecule has 2 heterocycles. The Bertz CT molecular complexity index is 1380. The van der Waals surface area contributed by atoms with Gasteiger partial charge in [-0.15, -0.1) is 5.10 Å². The van der Waals surface area contributed by atoms with Gasteiger partial charge in [0.25, 0.3) is 0 Å². The molecule has 0 aliphatic carbocycles. The lowest BCUT2D eigenvalue weighted by Crippen LogP contribution is -2.47. The summed E-state index contributed by atoms with van der Waals surface area (Å²) in [6.07, 6.45) is 2.47. The number of carbonyl (C=O) groups is 2. The highest BCUT2D eigenvalue weighted by molar-refractivity contribution is 5.89. The molecule has 9 nitrogen and oxygen atoms in total. The summed E-state index contributed by atoms with van der Waals surface area (Å²) in [7, 11) is 1.60. The van der Waals surface area contributed by atoms with Crippen molar-refractivity contribution >= 4 is 22.8 Å². The third kappa shape index (κ3) is 6.43. The van der Waals surface area contributed by atoms with Crippen molar-refractivity contribution in [2.45, 2.75) is 38.0 Å². The van der Waals surface area contributed by atoms with Gasteiger partial charge >= 0.3 is 0 Å². The second-order valence-corrected chi connectivity index (χ2v) is 9.61. The molecule has 202 valence electrons. The van der Waals surface area contributed by atoms with Crippen LogP contribution < -0.4 is 10.1 Å². The van der Waals surface area contributed by atoms with E-state index in [2.05, 4.69) is 15.6 Å². The van der Waals surface area contributed by atoms with Crippen LogP contribution in [0.4, 0.5) is 0 Å². The van der Waals surface area contributed by atoms with E-state index in [1.165, 1.54) is 0 Å². The van der Waals surface area contributed by atoms with Crippen LogP contribution in [-0.4, -0.2) is 64.6 Å². The van der Waals surface area contributed by atoms with Crippen LogP contribution in [-0.2, 0) is 27.3 Å². The van der Waals surface area contributed by atoms with E-state index in [-0.39, 0.29) is 24.5 Å². The zero-order valence-electron chi connectivity index (χ0n) is 22.0. The molecule has 1 aliphatic heterocycles. The van der Waals surface area contributed by atoms with Crippen LogP contribution in [0.5, 0.6) is 5.75 Å². The van der Waals surface area contributed by atoms with Crippen molar-refractivity contribution < 1.29 is 19.1 Å². The number of carbonyl (C=O) groups excluding carboxylic acids is 2. The number of hydrogen-bond acceptors (Lipinski definition) is 6. The molecule has 0 spiro atoms. The monoisotopic (exact) mass is 527 g/mol. The number of rotatable bonds is 11. The van der Waals surface area contributed by atoms with E-state index in [0.29, 0.717) is 42.9 Å². The van der Waals surface area contributed by atoms with Gasteiger partial charge in [0.2, 0.25) is 11.8 Å². The topological polar surface area (TPSA) is 98.6 Å². The maximum atomic E-state index is 14.0. The number of aromatic nitrogens is 3. The second-order valence-electron chi connectivity index (χ2n) is 9.61. The number of nitrogens with zero attached hydrogens (tertiary/aromatic N) is 4. The minimum atomic E-state index is -0.844. The third-order valence-corrected chi connectivity index (χ3v) is 7.03. The average Bonchev–Trinajstić information content (AvgIpc) is 3.65. The molecule has 5 rings (SSSR count). The highest BCUT2D eigenvalue weighted by atomic mass is 16.5. The molecule has 1 aliphatic rings. The standard InChI is InChI=1S/C30H33N5O4/c1-38-24-15-13-23(14-16-24)29(30(37)31-20-25-10-7-19-39-25)34(18-17-22-8-3-2-4-9-22)28(36)21-35-27-12-6-5-11-26(27)32-33-35/h2-6,8-9,11-16,25,29H,7,10,17-21H2,1H3,(H,31,37)/t25-,29-/m1/s1. The number of benzene rings is 3. The lowest BCUT2D eigenvalue weighted by molar-refractivity contribution is -0.141. The fourth-order valence-corrected chi connectivity index (χ4v) is 4.92. The average molecular weight is 528 g/mol. The van der Waals surface area contributed by atoms with E-state index in [9.17, 15) is 9.59 Å². The van der Waals surface area contributed by atoms with Crippen LogP contribution in [0.3, 0.4) is 0 Å². The molecule has 3 aromatic carbocycles. The van der Waals surface area contributed by atoms with Crippen molar-refractivity contribution in [2.24, 2.45) is 0 Å².